The van der Waals surface area contributed by atoms with Gasteiger partial charge in [0.05, 0.1) is 25.4 Å². The molecule has 2 amide bonds. The molecule has 25 heavy (non-hydrogen) atoms. The summed E-state index contributed by atoms with van der Waals surface area (Å²) in [5.41, 5.74) is 1.11. The molecule has 1 N–H and O–H groups in total. The molecule has 0 saturated carbocycles. The lowest BCUT2D eigenvalue weighted by Crippen LogP contribution is -2.52. The molecule has 0 bridgehead atoms. The van der Waals surface area contributed by atoms with Gasteiger partial charge in [0.2, 0.25) is 0 Å². The van der Waals surface area contributed by atoms with Crippen molar-refractivity contribution in [3.05, 3.63) is 29.8 Å². The average Bonchev–Trinajstić information content (AvgIpc) is 2.64. The van der Waals surface area contributed by atoms with Gasteiger partial charge in [-0.25, -0.2) is 9.59 Å². The Morgan fingerprint density at radius 2 is 1.80 bits per heavy atom. The minimum absolute atomic E-state index is 0.158. The quantitative estimate of drug-likeness (QED) is 0.850. The fourth-order valence-electron chi connectivity index (χ4n) is 3.06. The number of piperidine rings is 1. The van der Waals surface area contributed by atoms with Gasteiger partial charge >= 0.3 is 12.0 Å². The van der Waals surface area contributed by atoms with Gasteiger partial charge in [-0.05, 0) is 37.6 Å². The molecule has 3 rings (SSSR count). The van der Waals surface area contributed by atoms with Gasteiger partial charge in [-0.2, -0.15) is 0 Å². The van der Waals surface area contributed by atoms with E-state index in [1.807, 2.05) is 0 Å². The van der Waals surface area contributed by atoms with E-state index in [0.717, 1.165) is 19.6 Å². The van der Waals surface area contributed by atoms with Gasteiger partial charge in [0, 0.05) is 31.6 Å². The predicted octanol–water partition coefficient (Wildman–Crippen LogP) is 2.62. The number of nitrogens with one attached hydrogen (secondary N) is 1. The molecule has 0 aliphatic carbocycles. The van der Waals surface area contributed by atoms with Crippen LogP contribution in [-0.2, 0) is 14.2 Å². The van der Waals surface area contributed by atoms with Gasteiger partial charge in [-0.3, -0.25) is 0 Å². The molecule has 7 nitrogen and oxygen atoms in total. The molecule has 0 aromatic heterocycles. The van der Waals surface area contributed by atoms with Crippen molar-refractivity contribution in [2.24, 2.45) is 0 Å². The number of hydrogen-bond acceptors (Lipinski definition) is 5. The maximum absolute atomic E-state index is 12.4. The summed E-state index contributed by atoms with van der Waals surface area (Å²) in [7, 11) is 0. The van der Waals surface area contributed by atoms with Gasteiger partial charge < -0.3 is 24.4 Å². The van der Waals surface area contributed by atoms with Crippen LogP contribution < -0.4 is 5.32 Å². The highest BCUT2D eigenvalue weighted by molar-refractivity contribution is 5.92. The molecule has 2 heterocycles. The van der Waals surface area contributed by atoms with E-state index < -0.39 is 5.79 Å². The van der Waals surface area contributed by atoms with E-state index in [9.17, 15) is 9.59 Å². The molecule has 0 unspecified atom stereocenters. The van der Waals surface area contributed by atoms with E-state index in [-0.39, 0.29) is 12.0 Å². The number of esters is 1. The number of likely N-dealkylation sites (tertiary alicyclic amines) is 1. The standard InChI is InChI=1S/C18H24N2O5/c1-2-23-16(21)14-4-6-15(7-5-14)19-17(22)20-10-8-18(9-11-20)24-12-3-13-25-18/h4-7H,2-3,8-13H2,1H3,(H,19,22). The number of amides is 2. The number of carbonyl (C=O) groups is 2. The van der Waals surface area contributed by atoms with Crippen molar-refractivity contribution < 1.29 is 23.8 Å². The minimum atomic E-state index is -0.504. The van der Waals surface area contributed by atoms with E-state index in [2.05, 4.69) is 5.32 Å². The molecule has 1 aromatic carbocycles. The normalized spacial score (nSPS) is 19.5. The number of benzene rings is 1. The summed E-state index contributed by atoms with van der Waals surface area (Å²) in [5.74, 6) is -0.870. The molecule has 1 aromatic rings. The van der Waals surface area contributed by atoms with Crippen molar-refractivity contribution in [3.8, 4) is 0 Å². The van der Waals surface area contributed by atoms with Crippen LogP contribution >= 0.6 is 0 Å². The first-order valence-electron chi connectivity index (χ1n) is 8.73. The molecule has 2 aliphatic heterocycles. The second-order valence-corrected chi connectivity index (χ2v) is 6.18. The molecular formula is C18H24N2O5. The number of hydrogen-bond donors (Lipinski definition) is 1. The summed E-state index contributed by atoms with van der Waals surface area (Å²) in [6.45, 7) is 4.72. The summed E-state index contributed by atoms with van der Waals surface area (Å²) >= 11 is 0. The second kappa shape index (κ2) is 7.84. The van der Waals surface area contributed by atoms with Gasteiger partial charge in [-0.1, -0.05) is 0 Å². The van der Waals surface area contributed by atoms with Crippen LogP contribution in [0.3, 0.4) is 0 Å². The fraction of sp³-hybridized carbons (Fsp3) is 0.556. The summed E-state index contributed by atoms with van der Waals surface area (Å²) in [4.78, 5) is 25.8. The van der Waals surface area contributed by atoms with E-state index in [1.54, 1.807) is 36.1 Å². The first kappa shape index (κ1) is 17.7. The van der Waals surface area contributed by atoms with Gasteiger partial charge in [0.1, 0.15) is 0 Å². The smallest absolute Gasteiger partial charge is 0.338 e. The molecule has 136 valence electrons. The van der Waals surface area contributed by atoms with Crippen LogP contribution in [0.5, 0.6) is 0 Å². The van der Waals surface area contributed by atoms with Crippen molar-refractivity contribution in [3.63, 3.8) is 0 Å². The van der Waals surface area contributed by atoms with Crippen LogP contribution in [0, 0.1) is 0 Å². The lowest BCUT2D eigenvalue weighted by atomic mass is 10.0. The molecule has 2 aliphatic rings. The van der Waals surface area contributed by atoms with E-state index in [0.29, 0.717) is 43.8 Å². The van der Waals surface area contributed by atoms with Crippen molar-refractivity contribution >= 4 is 17.7 Å². The molecule has 7 heteroatoms. The lowest BCUT2D eigenvalue weighted by molar-refractivity contribution is -0.281. The van der Waals surface area contributed by atoms with Crippen LogP contribution in [0.15, 0.2) is 24.3 Å². The Morgan fingerprint density at radius 3 is 2.40 bits per heavy atom. The van der Waals surface area contributed by atoms with E-state index in [1.165, 1.54) is 0 Å². The average molecular weight is 348 g/mol. The molecule has 2 fully saturated rings. The molecule has 2 saturated heterocycles. The number of anilines is 1. The minimum Gasteiger partial charge on any atom is -0.462 e. The number of ether oxygens (including phenoxy) is 3. The van der Waals surface area contributed by atoms with Crippen molar-refractivity contribution in [2.45, 2.75) is 32.0 Å². The van der Waals surface area contributed by atoms with Crippen molar-refractivity contribution in [1.29, 1.82) is 0 Å². The zero-order valence-corrected chi connectivity index (χ0v) is 14.5. The van der Waals surface area contributed by atoms with Gasteiger partial charge in [0.15, 0.2) is 5.79 Å². The summed E-state index contributed by atoms with van der Waals surface area (Å²) in [5, 5.41) is 2.85. The maximum Gasteiger partial charge on any atom is 0.338 e. The van der Waals surface area contributed by atoms with E-state index >= 15 is 0 Å². The first-order valence-corrected chi connectivity index (χ1v) is 8.73. The Bertz CT molecular complexity index is 600. The Morgan fingerprint density at radius 1 is 1.16 bits per heavy atom. The monoisotopic (exact) mass is 348 g/mol. The zero-order chi connectivity index (χ0) is 17.7. The third-order valence-electron chi connectivity index (χ3n) is 4.48. The number of urea groups is 1. The predicted molar refractivity (Wildman–Crippen MR) is 91.5 cm³/mol. The van der Waals surface area contributed by atoms with Gasteiger partial charge in [0.25, 0.3) is 0 Å². The third kappa shape index (κ3) is 4.29. The summed E-state index contributed by atoms with van der Waals surface area (Å²) < 4.78 is 16.5. The number of rotatable bonds is 3. The van der Waals surface area contributed by atoms with Crippen LogP contribution in [0.4, 0.5) is 10.5 Å². The highest BCUT2D eigenvalue weighted by atomic mass is 16.7. The molecular weight excluding hydrogens is 324 g/mol. The highest BCUT2D eigenvalue weighted by Gasteiger charge is 2.39. The molecule has 1 spiro atoms. The third-order valence-corrected chi connectivity index (χ3v) is 4.48. The van der Waals surface area contributed by atoms with Crippen LogP contribution in [0.2, 0.25) is 0 Å². The zero-order valence-electron chi connectivity index (χ0n) is 14.5. The second-order valence-electron chi connectivity index (χ2n) is 6.18. The lowest BCUT2D eigenvalue weighted by Gasteiger charge is -2.43. The van der Waals surface area contributed by atoms with Crippen molar-refractivity contribution in [1.82, 2.24) is 4.90 Å². The Labute approximate surface area is 147 Å². The first-order chi connectivity index (χ1) is 12.1. The van der Waals surface area contributed by atoms with E-state index in [4.69, 9.17) is 14.2 Å². The molecule has 0 radical (unpaired) electrons. The fourth-order valence-corrected chi connectivity index (χ4v) is 3.06. The largest absolute Gasteiger partial charge is 0.462 e. The Hall–Kier alpha value is -2.12. The maximum atomic E-state index is 12.4. The summed E-state index contributed by atoms with van der Waals surface area (Å²) in [6, 6.07) is 6.52. The SMILES string of the molecule is CCOC(=O)c1ccc(NC(=O)N2CCC3(CC2)OCCCO3)cc1. The van der Waals surface area contributed by atoms with Crippen LogP contribution in [0.1, 0.15) is 36.5 Å². The number of carbonyl (C=O) groups excluding carboxylic acids is 2. The van der Waals surface area contributed by atoms with Crippen molar-refractivity contribution in [2.75, 3.05) is 38.2 Å². The molecule has 0 atom stereocenters. The van der Waals surface area contributed by atoms with Crippen LogP contribution in [-0.4, -0.2) is 55.6 Å². The Kier molecular flexibility index (Phi) is 5.55. The Balaban J connectivity index is 1.52. The number of nitrogens with zero attached hydrogens (tertiary/aromatic N) is 1. The highest BCUT2D eigenvalue weighted by Crippen LogP contribution is 2.30. The van der Waals surface area contributed by atoms with Gasteiger partial charge in [-0.15, -0.1) is 0 Å². The topological polar surface area (TPSA) is 77.1 Å². The van der Waals surface area contributed by atoms with Crippen LogP contribution in [0.25, 0.3) is 0 Å². The summed E-state index contributed by atoms with van der Waals surface area (Å²) in [6.07, 6.45) is 2.29.